The van der Waals surface area contributed by atoms with E-state index < -0.39 is 9.05 Å². The third-order valence-electron chi connectivity index (χ3n) is 3.73. The van der Waals surface area contributed by atoms with Crippen LogP contribution >= 0.6 is 10.7 Å². The topological polar surface area (TPSA) is 85.2 Å². The van der Waals surface area contributed by atoms with E-state index in [1.54, 1.807) is 35.1 Å². The van der Waals surface area contributed by atoms with E-state index in [4.69, 9.17) is 10.7 Å². The Morgan fingerprint density at radius 2 is 2.22 bits per heavy atom. The number of hydrogen-bond donors (Lipinski definition) is 0. The predicted molar refractivity (Wildman–Crippen MR) is 86.5 cm³/mol. The number of hydrogen-bond acceptors (Lipinski definition) is 5. The van der Waals surface area contributed by atoms with Gasteiger partial charge in [-0.15, -0.1) is 0 Å². The smallest absolute Gasteiger partial charge is 0.232 e. The van der Waals surface area contributed by atoms with Gasteiger partial charge < -0.3 is 0 Å². The van der Waals surface area contributed by atoms with Gasteiger partial charge in [-0.1, -0.05) is 0 Å². The van der Waals surface area contributed by atoms with Gasteiger partial charge >= 0.3 is 0 Å². The lowest BCUT2D eigenvalue weighted by molar-refractivity contribution is -0.117. The average molecular weight is 355 g/mol. The molecule has 0 N–H and O–H groups in total. The summed E-state index contributed by atoms with van der Waals surface area (Å²) in [4.78, 5) is 17.8. The second kappa shape index (κ2) is 5.93. The Kier molecular flexibility index (Phi) is 4.11. The number of carbonyl (C=O) groups excluding carboxylic acids is 1. The molecule has 0 aromatic carbocycles. The van der Waals surface area contributed by atoms with Gasteiger partial charge in [0.1, 0.15) is 5.82 Å². The Hall–Kier alpha value is -1.93. The molecule has 0 bridgehead atoms. The van der Waals surface area contributed by atoms with E-state index in [0.717, 1.165) is 5.56 Å². The van der Waals surface area contributed by atoms with Crippen LogP contribution in [0.15, 0.2) is 30.6 Å². The summed E-state index contributed by atoms with van der Waals surface area (Å²) in [6, 6.07) is 5.49. The summed E-state index contributed by atoms with van der Waals surface area (Å²) in [6.07, 6.45) is 3.54. The fourth-order valence-electron chi connectivity index (χ4n) is 2.76. The lowest BCUT2D eigenvalue weighted by Crippen LogP contribution is -2.27. The van der Waals surface area contributed by atoms with Gasteiger partial charge in [0, 0.05) is 60.6 Å². The Morgan fingerprint density at radius 3 is 2.87 bits per heavy atom. The molecule has 2 aromatic rings. The van der Waals surface area contributed by atoms with Crippen LogP contribution in [-0.2, 0) is 20.9 Å². The van der Waals surface area contributed by atoms with Crippen molar-refractivity contribution in [3.63, 3.8) is 0 Å². The quantitative estimate of drug-likeness (QED) is 0.775. The van der Waals surface area contributed by atoms with Gasteiger partial charge in [-0.25, -0.2) is 8.42 Å². The highest BCUT2D eigenvalue weighted by atomic mass is 35.7. The summed E-state index contributed by atoms with van der Waals surface area (Å²) in [7, 11) is 3.41. The highest BCUT2D eigenvalue weighted by Crippen LogP contribution is 2.29. The Balaban J connectivity index is 1.85. The number of aromatic nitrogens is 3. The van der Waals surface area contributed by atoms with Crippen molar-refractivity contribution in [3.05, 3.63) is 30.6 Å². The van der Waals surface area contributed by atoms with Crippen LogP contribution in [0.1, 0.15) is 6.42 Å². The Morgan fingerprint density at radius 1 is 1.43 bits per heavy atom. The number of amides is 1. The molecule has 1 saturated heterocycles. The molecule has 2 aromatic heterocycles. The van der Waals surface area contributed by atoms with Gasteiger partial charge in [0.25, 0.3) is 0 Å². The summed E-state index contributed by atoms with van der Waals surface area (Å²) in [5, 5.41) is 4.40. The minimum Gasteiger partial charge on any atom is -0.297 e. The van der Waals surface area contributed by atoms with E-state index in [9.17, 15) is 13.2 Å². The van der Waals surface area contributed by atoms with E-state index in [1.807, 2.05) is 12.1 Å². The first-order valence-electron chi connectivity index (χ1n) is 7.00. The fourth-order valence-corrected chi connectivity index (χ4v) is 4.08. The maximum Gasteiger partial charge on any atom is 0.232 e. The molecule has 7 nitrogen and oxygen atoms in total. The van der Waals surface area contributed by atoms with E-state index in [2.05, 4.69) is 10.1 Å². The Labute approximate surface area is 138 Å². The SMILES string of the molecule is Cn1nc(-c2cccnc2)cc1N1CC(CS(=O)(=O)Cl)CC1=O. The van der Waals surface area contributed by atoms with Crippen molar-refractivity contribution >= 4 is 31.5 Å². The molecule has 0 aliphatic carbocycles. The summed E-state index contributed by atoms with van der Waals surface area (Å²) in [5.41, 5.74) is 1.55. The van der Waals surface area contributed by atoms with Gasteiger partial charge in [0.05, 0.1) is 11.4 Å². The number of carbonyl (C=O) groups is 1. The first-order chi connectivity index (χ1) is 10.8. The lowest BCUT2D eigenvalue weighted by Gasteiger charge is -2.15. The molecular formula is C14H15ClN4O3S. The molecule has 0 radical (unpaired) electrons. The van der Waals surface area contributed by atoms with Crippen LogP contribution < -0.4 is 4.90 Å². The molecule has 3 heterocycles. The summed E-state index contributed by atoms with van der Waals surface area (Å²) in [5.74, 6) is -0.00878. The first-order valence-corrected chi connectivity index (χ1v) is 9.48. The molecule has 3 rings (SSSR count). The first kappa shape index (κ1) is 15.9. The molecule has 122 valence electrons. The average Bonchev–Trinajstić information content (AvgIpc) is 3.01. The summed E-state index contributed by atoms with van der Waals surface area (Å²) in [6.45, 7) is 0.316. The monoisotopic (exact) mass is 354 g/mol. The predicted octanol–water partition coefficient (Wildman–Crippen LogP) is 1.40. The number of rotatable bonds is 4. The maximum absolute atomic E-state index is 12.2. The van der Waals surface area contributed by atoms with Crippen molar-refractivity contribution in [2.45, 2.75) is 6.42 Å². The van der Waals surface area contributed by atoms with Crippen molar-refractivity contribution in [2.75, 3.05) is 17.2 Å². The van der Waals surface area contributed by atoms with E-state index in [0.29, 0.717) is 18.1 Å². The van der Waals surface area contributed by atoms with E-state index in [1.165, 1.54) is 0 Å². The largest absolute Gasteiger partial charge is 0.297 e. The Bertz CT molecular complexity index is 835. The number of nitrogens with zero attached hydrogens (tertiary/aromatic N) is 4. The lowest BCUT2D eigenvalue weighted by atomic mass is 10.1. The van der Waals surface area contributed by atoms with E-state index >= 15 is 0 Å². The van der Waals surface area contributed by atoms with Crippen molar-refractivity contribution in [3.8, 4) is 11.3 Å². The number of anilines is 1. The molecule has 1 unspecified atom stereocenters. The highest BCUT2D eigenvalue weighted by molar-refractivity contribution is 8.13. The zero-order valence-electron chi connectivity index (χ0n) is 12.4. The fraction of sp³-hybridized carbons (Fsp3) is 0.357. The molecule has 1 aliphatic rings. The molecule has 1 aliphatic heterocycles. The minimum absolute atomic E-state index is 0.129. The molecule has 0 spiro atoms. The van der Waals surface area contributed by atoms with Crippen LogP contribution in [0.3, 0.4) is 0 Å². The molecule has 9 heteroatoms. The third kappa shape index (κ3) is 3.53. The van der Waals surface area contributed by atoms with Gasteiger partial charge in [0.2, 0.25) is 15.0 Å². The van der Waals surface area contributed by atoms with Crippen molar-refractivity contribution in [1.29, 1.82) is 0 Å². The van der Waals surface area contributed by atoms with Crippen LogP contribution in [0.5, 0.6) is 0 Å². The molecule has 1 amide bonds. The van der Waals surface area contributed by atoms with Crippen LogP contribution in [0, 0.1) is 5.92 Å². The molecular weight excluding hydrogens is 340 g/mol. The van der Waals surface area contributed by atoms with Crippen LogP contribution in [0.2, 0.25) is 0 Å². The minimum atomic E-state index is -3.62. The summed E-state index contributed by atoms with van der Waals surface area (Å²) >= 11 is 0. The van der Waals surface area contributed by atoms with Crippen molar-refractivity contribution < 1.29 is 13.2 Å². The zero-order chi connectivity index (χ0) is 16.6. The summed E-state index contributed by atoms with van der Waals surface area (Å²) < 4.78 is 24.0. The number of halogens is 1. The van der Waals surface area contributed by atoms with Crippen LogP contribution in [0.25, 0.3) is 11.3 Å². The highest BCUT2D eigenvalue weighted by Gasteiger charge is 2.34. The second-order valence-corrected chi connectivity index (χ2v) is 8.35. The van der Waals surface area contributed by atoms with Crippen molar-refractivity contribution in [1.82, 2.24) is 14.8 Å². The van der Waals surface area contributed by atoms with E-state index in [-0.39, 0.29) is 24.0 Å². The van der Waals surface area contributed by atoms with Crippen LogP contribution in [0.4, 0.5) is 5.82 Å². The molecule has 0 saturated carbocycles. The second-order valence-electron chi connectivity index (χ2n) is 5.53. The van der Waals surface area contributed by atoms with Gasteiger partial charge in [-0.05, 0) is 12.1 Å². The van der Waals surface area contributed by atoms with Crippen LogP contribution in [-0.4, -0.2) is 41.4 Å². The zero-order valence-corrected chi connectivity index (χ0v) is 14.0. The molecule has 23 heavy (non-hydrogen) atoms. The normalized spacial score (nSPS) is 18.6. The maximum atomic E-state index is 12.2. The number of pyridine rings is 1. The standard InChI is InChI=1S/C14H15ClN4O3S/c1-18-13(6-12(17-18)11-3-2-4-16-7-11)19-8-10(5-14(19)20)9-23(15,21)22/h2-4,6-7,10H,5,8-9H2,1H3. The van der Waals surface area contributed by atoms with Gasteiger partial charge in [-0.2, -0.15) is 5.10 Å². The third-order valence-corrected chi connectivity index (χ3v) is 4.98. The van der Waals surface area contributed by atoms with Gasteiger partial charge in [-0.3, -0.25) is 19.4 Å². The molecule has 1 atom stereocenters. The molecule has 1 fully saturated rings. The number of aryl methyl sites for hydroxylation is 1. The van der Waals surface area contributed by atoms with Crippen molar-refractivity contribution in [2.24, 2.45) is 13.0 Å². The van der Waals surface area contributed by atoms with Gasteiger partial charge in [0.15, 0.2) is 0 Å².